The van der Waals surface area contributed by atoms with Crippen LogP contribution in [0.25, 0.3) is 11.0 Å². The number of amides is 1. The molecule has 0 spiro atoms. The van der Waals surface area contributed by atoms with E-state index in [1.54, 1.807) is 36.7 Å². The first kappa shape index (κ1) is 20.8. The van der Waals surface area contributed by atoms with Gasteiger partial charge in [-0.25, -0.2) is 18.4 Å². The van der Waals surface area contributed by atoms with E-state index in [9.17, 15) is 13.2 Å². The lowest BCUT2D eigenvalue weighted by Crippen LogP contribution is -2.51. The van der Waals surface area contributed by atoms with E-state index in [0.717, 1.165) is 5.39 Å². The molecule has 0 bridgehead atoms. The van der Waals surface area contributed by atoms with Gasteiger partial charge in [0.25, 0.3) is 0 Å². The summed E-state index contributed by atoms with van der Waals surface area (Å²) >= 11 is 1.33. The number of hydrogen-bond acceptors (Lipinski definition) is 9. The molecule has 30 heavy (non-hydrogen) atoms. The molecule has 160 valence electrons. The molecule has 1 amide bonds. The first-order valence-corrected chi connectivity index (χ1v) is 11.7. The number of carbonyl (C=O) groups excluding carboxylic acids is 1. The molecule has 1 saturated heterocycles. The van der Waals surface area contributed by atoms with Crippen molar-refractivity contribution in [3.05, 3.63) is 24.0 Å². The number of rotatable bonds is 5. The van der Waals surface area contributed by atoms with Crippen molar-refractivity contribution in [3.8, 4) is 0 Å². The van der Waals surface area contributed by atoms with Gasteiger partial charge in [-0.3, -0.25) is 9.48 Å². The molecule has 0 unspecified atom stereocenters. The Bertz CT molecular complexity index is 1180. The molecule has 4 heterocycles. The van der Waals surface area contributed by atoms with Gasteiger partial charge in [0.1, 0.15) is 21.9 Å². The molecule has 1 aliphatic heterocycles. The Kier molecular flexibility index (Phi) is 5.51. The summed E-state index contributed by atoms with van der Waals surface area (Å²) in [6.07, 6.45) is 3.13. The minimum Gasteiger partial charge on any atom is -0.360 e. The molecule has 0 N–H and O–H groups in total. The van der Waals surface area contributed by atoms with Crippen molar-refractivity contribution in [2.24, 2.45) is 7.05 Å². The fourth-order valence-corrected chi connectivity index (χ4v) is 6.00. The predicted octanol–water partition coefficient (Wildman–Crippen LogP) is 0.593. The lowest BCUT2D eigenvalue weighted by atomic mass is 10.3. The molecule has 1 aliphatic rings. The zero-order chi connectivity index (χ0) is 21.5. The number of aromatic nitrogens is 5. The summed E-state index contributed by atoms with van der Waals surface area (Å²) in [7, 11) is -1.90. The fraction of sp³-hybridized carbons (Fsp3) is 0.471. The maximum absolute atomic E-state index is 12.9. The van der Waals surface area contributed by atoms with Gasteiger partial charge < -0.3 is 9.42 Å². The van der Waals surface area contributed by atoms with E-state index in [0.29, 0.717) is 29.5 Å². The average Bonchev–Trinajstić information content (AvgIpc) is 3.28. The Morgan fingerprint density at radius 2 is 1.93 bits per heavy atom. The number of sulfonamides is 1. The van der Waals surface area contributed by atoms with Crippen LogP contribution >= 0.6 is 11.8 Å². The number of fused-ring (bicyclic) bond motifs is 1. The first-order valence-electron chi connectivity index (χ1n) is 9.25. The van der Waals surface area contributed by atoms with Crippen LogP contribution in [0.2, 0.25) is 0 Å². The monoisotopic (exact) mass is 451 g/mol. The SMILES string of the molecule is Cc1noc(C)c1S(=O)(=O)N1CCN(C(=O)CSc2ncnc3c2cnn3C)CC1. The van der Waals surface area contributed by atoms with Crippen molar-refractivity contribution < 1.29 is 17.7 Å². The number of thioether (sulfide) groups is 1. The van der Waals surface area contributed by atoms with Crippen molar-refractivity contribution in [3.63, 3.8) is 0 Å². The number of nitrogens with zero attached hydrogens (tertiary/aromatic N) is 7. The quantitative estimate of drug-likeness (QED) is 0.404. The molecule has 0 saturated carbocycles. The van der Waals surface area contributed by atoms with Crippen LogP contribution in [0.4, 0.5) is 0 Å². The van der Waals surface area contributed by atoms with Gasteiger partial charge in [-0.1, -0.05) is 16.9 Å². The van der Waals surface area contributed by atoms with Crippen LogP contribution in [0.15, 0.2) is 27.0 Å². The van der Waals surface area contributed by atoms with E-state index in [-0.39, 0.29) is 35.4 Å². The van der Waals surface area contributed by atoms with Crippen LogP contribution < -0.4 is 0 Å². The summed E-state index contributed by atoms with van der Waals surface area (Å²) in [6, 6.07) is 0. The molecule has 0 radical (unpaired) electrons. The van der Waals surface area contributed by atoms with Crippen molar-refractivity contribution in [1.82, 2.24) is 34.1 Å². The average molecular weight is 452 g/mol. The third-order valence-corrected chi connectivity index (χ3v) is 8.12. The van der Waals surface area contributed by atoms with Crippen molar-refractivity contribution in [1.29, 1.82) is 0 Å². The van der Waals surface area contributed by atoms with Gasteiger partial charge >= 0.3 is 0 Å². The van der Waals surface area contributed by atoms with E-state index in [2.05, 4.69) is 20.2 Å². The van der Waals surface area contributed by atoms with E-state index in [1.165, 1.54) is 22.4 Å². The van der Waals surface area contributed by atoms with Crippen LogP contribution in [0.5, 0.6) is 0 Å². The number of piperazine rings is 1. The molecule has 3 aromatic heterocycles. The second-order valence-electron chi connectivity index (χ2n) is 6.91. The zero-order valence-electron chi connectivity index (χ0n) is 16.8. The molecule has 4 rings (SSSR count). The number of carbonyl (C=O) groups is 1. The van der Waals surface area contributed by atoms with E-state index in [4.69, 9.17) is 4.52 Å². The predicted molar refractivity (Wildman–Crippen MR) is 108 cm³/mol. The van der Waals surface area contributed by atoms with E-state index < -0.39 is 10.0 Å². The second-order valence-corrected chi connectivity index (χ2v) is 9.75. The number of hydrogen-bond donors (Lipinski definition) is 0. The normalized spacial score (nSPS) is 15.8. The van der Waals surface area contributed by atoms with Crippen molar-refractivity contribution in [2.45, 2.75) is 23.8 Å². The summed E-state index contributed by atoms with van der Waals surface area (Å²) in [5, 5.41) is 9.40. The minimum absolute atomic E-state index is 0.0648. The van der Waals surface area contributed by atoms with E-state index in [1.807, 2.05) is 0 Å². The lowest BCUT2D eigenvalue weighted by molar-refractivity contribution is -0.129. The third-order valence-electron chi connectivity index (χ3n) is 4.98. The van der Waals surface area contributed by atoms with E-state index >= 15 is 0 Å². The largest absolute Gasteiger partial charge is 0.360 e. The summed E-state index contributed by atoms with van der Waals surface area (Å²) < 4.78 is 33.8. The maximum atomic E-state index is 12.9. The number of aryl methyl sites for hydroxylation is 3. The smallest absolute Gasteiger partial charge is 0.248 e. The summed E-state index contributed by atoms with van der Waals surface area (Å²) in [6.45, 7) is 4.29. The highest BCUT2D eigenvalue weighted by Crippen LogP contribution is 2.26. The second kappa shape index (κ2) is 7.96. The topological polar surface area (TPSA) is 127 Å². The van der Waals surface area contributed by atoms with Crippen molar-refractivity contribution in [2.75, 3.05) is 31.9 Å². The minimum atomic E-state index is -3.70. The molecular weight excluding hydrogens is 430 g/mol. The third kappa shape index (κ3) is 3.68. The fourth-order valence-electron chi connectivity index (χ4n) is 3.43. The van der Waals surface area contributed by atoms with Gasteiger partial charge in [0.15, 0.2) is 11.4 Å². The molecular formula is C17H21N7O4S2. The Hall–Kier alpha value is -2.51. The summed E-state index contributed by atoms with van der Waals surface area (Å²) in [5.74, 6) is 0.413. The maximum Gasteiger partial charge on any atom is 0.248 e. The Morgan fingerprint density at radius 3 is 2.60 bits per heavy atom. The van der Waals surface area contributed by atoms with Gasteiger partial charge in [-0.05, 0) is 13.8 Å². The van der Waals surface area contributed by atoms with Crippen LogP contribution in [0, 0.1) is 13.8 Å². The highest BCUT2D eigenvalue weighted by molar-refractivity contribution is 8.00. The van der Waals surface area contributed by atoms with Crippen LogP contribution in [-0.4, -0.2) is 80.4 Å². The highest BCUT2D eigenvalue weighted by Gasteiger charge is 2.34. The van der Waals surface area contributed by atoms with Gasteiger partial charge in [-0.15, -0.1) is 0 Å². The first-order chi connectivity index (χ1) is 14.3. The molecule has 0 atom stereocenters. The summed E-state index contributed by atoms with van der Waals surface area (Å²) in [5.41, 5.74) is 1.05. The molecule has 0 aromatic carbocycles. The lowest BCUT2D eigenvalue weighted by Gasteiger charge is -2.33. The zero-order valence-corrected chi connectivity index (χ0v) is 18.4. The molecule has 3 aromatic rings. The highest BCUT2D eigenvalue weighted by atomic mass is 32.2. The van der Waals surface area contributed by atoms with Gasteiger partial charge in [-0.2, -0.15) is 9.40 Å². The molecule has 1 fully saturated rings. The molecule has 13 heteroatoms. The molecule has 0 aliphatic carbocycles. The van der Waals surface area contributed by atoms with Crippen molar-refractivity contribution >= 4 is 38.7 Å². The van der Waals surface area contributed by atoms with Gasteiger partial charge in [0.2, 0.25) is 15.9 Å². The Labute approximate surface area is 177 Å². The van der Waals surface area contributed by atoms with Crippen LogP contribution in [-0.2, 0) is 21.9 Å². The van der Waals surface area contributed by atoms with Gasteiger partial charge in [0.05, 0.1) is 17.3 Å². The standard InChI is InChI=1S/C17H21N7O4S2/c1-11-15(12(2)28-21-11)30(26,27)24-6-4-23(5-7-24)14(25)9-29-17-13-8-20-22(3)16(13)18-10-19-17/h8,10H,4-7,9H2,1-3H3. The Morgan fingerprint density at radius 1 is 1.20 bits per heavy atom. The van der Waals surface area contributed by atoms with Gasteiger partial charge in [0, 0.05) is 33.2 Å². The summed E-state index contributed by atoms with van der Waals surface area (Å²) in [4.78, 5) is 22.9. The van der Waals surface area contributed by atoms with Crippen LogP contribution in [0.3, 0.4) is 0 Å². The van der Waals surface area contributed by atoms with Crippen LogP contribution in [0.1, 0.15) is 11.5 Å². The molecule has 11 nitrogen and oxygen atoms in total. The Balaban J connectivity index is 1.38.